The van der Waals surface area contributed by atoms with Crippen molar-refractivity contribution in [3.05, 3.63) is 5.82 Å². The Bertz CT molecular complexity index is 408. The van der Waals surface area contributed by atoms with Crippen molar-refractivity contribution in [3.63, 3.8) is 0 Å². The van der Waals surface area contributed by atoms with Crippen LogP contribution >= 0.6 is 11.5 Å². The maximum Gasteiger partial charge on any atom is 0.223 e. The predicted octanol–water partition coefficient (Wildman–Crippen LogP) is 0.234. The molecule has 0 atom stereocenters. The molecule has 2 N–H and O–H groups in total. The highest BCUT2D eigenvalue weighted by atomic mass is 32.1. The van der Waals surface area contributed by atoms with Gasteiger partial charge in [-0.15, -0.1) is 0 Å². The molecule has 1 aliphatic heterocycles. The molecule has 0 aromatic carbocycles. The van der Waals surface area contributed by atoms with Crippen LogP contribution < -0.4 is 10.6 Å². The highest BCUT2D eigenvalue weighted by Crippen LogP contribution is 2.18. The average Bonchev–Trinajstić information content (AvgIpc) is 2.65. The number of carbonyl (C=O) groups is 1. The zero-order chi connectivity index (χ0) is 13.0. The molecule has 2 rings (SSSR count). The minimum absolute atomic E-state index is 0.160. The lowest BCUT2D eigenvalue weighted by atomic mass is 10.3. The molecule has 0 radical (unpaired) electrons. The molecule has 0 spiro atoms. The van der Waals surface area contributed by atoms with Crippen molar-refractivity contribution >= 4 is 22.6 Å². The summed E-state index contributed by atoms with van der Waals surface area (Å²) in [7, 11) is 0. The van der Waals surface area contributed by atoms with E-state index in [-0.39, 0.29) is 5.91 Å². The first-order valence-corrected chi connectivity index (χ1v) is 7.01. The van der Waals surface area contributed by atoms with Crippen LogP contribution in [0.3, 0.4) is 0 Å². The van der Waals surface area contributed by atoms with Gasteiger partial charge in [-0.25, -0.2) is 4.98 Å². The fraction of sp³-hybridized carbons (Fsp3) is 0.727. The summed E-state index contributed by atoms with van der Waals surface area (Å²) >= 11 is 1.43. The van der Waals surface area contributed by atoms with Crippen molar-refractivity contribution < 1.29 is 4.79 Å². The minimum Gasteiger partial charge on any atom is -0.345 e. The van der Waals surface area contributed by atoms with E-state index in [0.717, 1.165) is 43.6 Å². The monoisotopic (exact) mass is 269 g/mol. The number of aryl methyl sites for hydroxylation is 1. The largest absolute Gasteiger partial charge is 0.345 e. The highest BCUT2D eigenvalue weighted by molar-refractivity contribution is 7.09. The standard InChI is InChI=1S/C11H19N5OS/c1-9-13-11(18-14-9)16-6-2-5-15(7-8-16)10(17)3-4-12/h2-8,12H2,1H3. The van der Waals surface area contributed by atoms with Gasteiger partial charge >= 0.3 is 0 Å². The lowest BCUT2D eigenvalue weighted by Gasteiger charge is -2.21. The van der Waals surface area contributed by atoms with Gasteiger partial charge in [-0.2, -0.15) is 4.37 Å². The van der Waals surface area contributed by atoms with Gasteiger partial charge in [0.1, 0.15) is 5.82 Å². The minimum atomic E-state index is 0.160. The summed E-state index contributed by atoms with van der Waals surface area (Å²) in [4.78, 5) is 20.3. The van der Waals surface area contributed by atoms with Gasteiger partial charge in [-0.05, 0) is 13.3 Å². The van der Waals surface area contributed by atoms with Crippen LogP contribution in [-0.2, 0) is 4.79 Å². The van der Waals surface area contributed by atoms with E-state index in [2.05, 4.69) is 14.3 Å². The molecule has 7 heteroatoms. The van der Waals surface area contributed by atoms with Crippen LogP contribution in [0.2, 0.25) is 0 Å². The summed E-state index contributed by atoms with van der Waals surface area (Å²) < 4.78 is 4.20. The van der Waals surface area contributed by atoms with Crippen molar-refractivity contribution in [1.29, 1.82) is 0 Å². The van der Waals surface area contributed by atoms with Gasteiger partial charge < -0.3 is 15.5 Å². The summed E-state index contributed by atoms with van der Waals surface area (Å²) in [5, 5.41) is 0.959. The van der Waals surface area contributed by atoms with E-state index < -0.39 is 0 Å². The van der Waals surface area contributed by atoms with Crippen LogP contribution in [0.1, 0.15) is 18.7 Å². The second-order valence-electron chi connectivity index (χ2n) is 4.38. The number of amides is 1. The summed E-state index contributed by atoms with van der Waals surface area (Å²) in [6, 6.07) is 0. The molecule has 1 aliphatic rings. The molecule has 0 unspecified atom stereocenters. The van der Waals surface area contributed by atoms with E-state index in [1.165, 1.54) is 11.5 Å². The first-order valence-electron chi connectivity index (χ1n) is 6.24. The van der Waals surface area contributed by atoms with Crippen molar-refractivity contribution in [1.82, 2.24) is 14.3 Å². The summed E-state index contributed by atoms with van der Waals surface area (Å²) in [6.07, 6.45) is 1.41. The number of nitrogens with zero attached hydrogens (tertiary/aromatic N) is 4. The number of rotatable bonds is 3. The molecular weight excluding hydrogens is 250 g/mol. The number of hydrogen-bond donors (Lipinski definition) is 1. The Morgan fingerprint density at radius 1 is 1.39 bits per heavy atom. The Labute approximate surface area is 111 Å². The maximum atomic E-state index is 11.8. The first-order chi connectivity index (χ1) is 8.70. The number of nitrogens with two attached hydrogens (primary N) is 1. The molecule has 6 nitrogen and oxygen atoms in total. The van der Waals surface area contributed by atoms with E-state index in [9.17, 15) is 4.79 Å². The number of hydrogen-bond acceptors (Lipinski definition) is 6. The number of carbonyl (C=O) groups excluding carboxylic acids is 1. The van der Waals surface area contributed by atoms with Gasteiger partial charge in [0.05, 0.1) is 0 Å². The topological polar surface area (TPSA) is 75.4 Å². The fourth-order valence-corrected chi connectivity index (χ4v) is 2.78. The molecule has 1 aromatic heterocycles. The number of aromatic nitrogens is 2. The van der Waals surface area contributed by atoms with E-state index in [0.29, 0.717) is 13.0 Å². The summed E-state index contributed by atoms with van der Waals surface area (Å²) in [5.74, 6) is 0.975. The normalized spacial score (nSPS) is 16.8. The van der Waals surface area contributed by atoms with Gasteiger partial charge in [0.25, 0.3) is 0 Å². The lowest BCUT2D eigenvalue weighted by Crippen LogP contribution is -2.36. The Kier molecular flexibility index (Phi) is 4.48. The van der Waals surface area contributed by atoms with Gasteiger partial charge in [-0.3, -0.25) is 4.79 Å². The fourth-order valence-electron chi connectivity index (χ4n) is 2.05. The second kappa shape index (κ2) is 6.10. The third kappa shape index (κ3) is 3.17. The van der Waals surface area contributed by atoms with Gasteiger partial charge in [0.15, 0.2) is 0 Å². The molecule has 2 heterocycles. The zero-order valence-electron chi connectivity index (χ0n) is 10.6. The van der Waals surface area contributed by atoms with Crippen molar-refractivity contribution in [2.45, 2.75) is 19.8 Å². The van der Waals surface area contributed by atoms with Gasteiger partial charge in [0.2, 0.25) is 11.0 Å². The Morgan fingerprint density at radius 3 is 2.89 bits per heavy atom. The smallest absolute Gasteiger partial charge is 0.223 e. The number of anilines is 1. The van der Waals surface area contributed by atoms with E-state index in [1.807, 2.05) is 11.8 Å². The maximum absolute atomic E-state index is 11.8. The lowest BCUT2D eigenvalue weighted by molar-refractivity contribution is -0.130. The van der Waals surface area contributed by atoms with Crippen molar-refractivity contribution in [2.75, 3.05) is 37.6 Å². The van der Waals surface area contributed by atoms with Gasteiger partial charge in [-0.1, -0.05) is 0 Å². The van der Waals surface area contributed by atoms with Crippen LogP contribution in [0.5, 0.6) is 0 Å². The second-order valence-corrected chi connectivity index (χ2v) is 5.11. The molecule has 0 bridgehead atoms. The van der Waals surface area contributed by atoms with E-state index >= 15 is 0 Å². The van der Waals surface area contributed by atoms with Gasteiger partial charge in [0, 0.05) is 50.7 Å². The van der Waals surface area contributed by atoms with Crippen LogP contribution in [0.25, 0.3) is 0 Å². The third-order valence-electron chi connectivity index (χ3n) is 2.99. The highest BCUT2D eigenvalue weighted by Gasteiger charge is 2.20. The Hall–Kier alpha value is -1.21. The molecule has 1 amide bonds. The quantitative estimate of drug-likeness (QED) is 0.850. The molecular formula is C11H19N5OS. The van der Waals surface area contributed by atoms with E-state index in [4.69, 9.17) is 5.73 Å². The van der Waals surface area contributed by atoms with Crippen LogP contribution in [0.15, 0.2) is 0 Å². The Morgan fingerprint density at radius 2 is 2.22 bits per heavy atom. The Balaban J connectivity index is 1.94. The molecule has 100 valence electrons. The molecule has 0 aliphatic carbocycles. The molecule has 0 saturated carbocycles. The molecule has 1 saturated heterocycles. The SMILES string of the molecule is Cc1nsc(N2CCCN(C(=O)CCN)CC2)n1. The van der Waals surface area contributed by atoms with E-state index in [1.54, 1.807) is 0 Å². The van der Waals surface area contributed by atoms with Crippen LogP contribution in [0, 0.1) is 6.92 Å². The first kappa shape index (κ1) is 13.2. The van der Waals surface area contributed by atoms with Crippen LogP contribution in [-0.4, -0.2) is 52.9 Å². The predicted molar refractivity (Wildman–Crippen MR) is 71.7 cm³/mol. The van der Waals surface area contributed by atoms with Crippen molar-refractivity contribution in [3.8, 4) is 0 Å². The molecule has 1 fully saturated rings. The van der Waals surface area contributed by atoms with Crippen molar-refractivity contribution in [2.24, 2.45) is 5.73 Å². The third-order valence-corrected chi connectivity index (χ3v) is 3.86. The summed E-state index contributed by atoms with van der Waals surface area (Å²) in [5.41, 5.74) is 5.42. The molecule has 1 aromatic rings. The van der Waals surface area contributed by atoms with Crippen LogP contribution in [0.4, 0.5) is 5.13 Å². The average molecular weight is 269 g/mol. The molecule has 18 heavy (non-hydrogen) atoms. The zero-order valence-corrected chi connectivity index (χ0v) is 11.4. The summed E-state index contributed by atoms with van der Waals surface area (Å²) in [6.45, 7) is 5.64.